The lowest BCUT2D eigenvalue weighted by Gasteiger charge is -2.42. The first-order valence-electron chi connectivity index (χ1n) is 14.3. The van der Waals surface area contributed by atoms with Gasteiger partial charge in [0, 0.05) is 11.5 Å². The molecule has 0 saturated heterocycles. The molecule has 4 rings (SSSR count). The van der Waals surface area contributed by atoms with Crippen LogP contribution < -0.4 is 4.83 Å². The summed E-state index contributed by atoms with van der Waals surface area (Å²) in [6.07, 6.45) is 3.39. The van der Waals surface area contributed by atoms with Crippen molar-refractivity contribution in [2.75, 3.05) is 0 Å². The van der Waals surface area contributed by atoms with Crippen LogP contribution in [-0.4, -0.2) is 26.2 Å². The average molecular weight is 575 g/mol. The number of esters is 1. The first-order valence-corrected chi connectivity index (χ1v) is 15.8. The molecule has 0 spiro atoms. The number of hydrogen-bond acceptors (Lipinski definition) is 5. The molecule has 3 aromatic rings. The molecule has 41 heavy (non-hydrogen) atoms. The number of benzene rings is 3. The number of carbonyl (C=O) groups is 1. The second-order valence-corrected chi connectivity index (χ2v) is 14.3. The molecule has 1 aliphatic carbocycles. The predicted octanol–water partition coefficient (Wildman–Crippen LogP) is 7.05. The summed E-state index contributed by atoms with van der Waals surface area (Å²) in [5.41, 5.74) is 3.67. The van der Waals surface area contributed by atoms with E-state index >= 15 is 0 Å². The van der Waals surface area contributed by atoms with Crippen LogP contribution in [-0.2, 0) is 30.4 Å². The largest absolute Gasteiger partial charge is 0.457 e. The maximum atomic E-state index is 13.7. The van der Waals surface area contributed by atoms with E-state index in [1.54, 1.807) is 36.4 Å². The van der Waals surface area contributed by atoms with Crippen LogP contribution in [0.5, 0.6) is 0 Å². The van der Waals surface area contributed by atoms with Crippen LogP contribution >= 0.6 is 0 Å². The highest BCUT2D eigenvalue weighted by atomic mass is 32.2. The Kier molecular flexibility index (Phi) is 9.07. The van der Waals surface area contributed by atoms with Gasteiger partial charge in [-0.2, -0.15) is 18.4 Å². The third-order valence-electron chi connectivity index (χ3n) is 8.23. The second kappa shape index (κ2) is 12.2. The molecule has 0 heterocycles. The second-order valence-electron chi connectivity index (χ2n) is 12.6. The molecule has 7 heteroatoms. The SMILES string of the molecule is Cc1ccc(S(=O)(=O)N/N=C(/C(=O)O[C@H]2CCCC[C@@H]2C(C)(C)c2ccc(C(C)(C)C)cc2)c2ccccc2)cc1. The van der Waals surface area contributed by atoms with Crippen molar-refractivity contribution in [2.45, 2.75) is 89.1 Å². The summed E-state index contributed by atoms with van der Waals surface area (Å²) < 4.78 is 32.1. The number of hydrazone groups is 1. The van der Waals surface area contributed by atoms with E-state index in [9.17, 15) is 13.2 Å². The quantitative estimate of drug-likeness (QED) is 0.177. The number of nitrogens with zero attached hydrogens (tertiary/aromatic N) is 1. The van der Waals surface area contributed by atoms with Crippen molar-refractivity contribution in [1.29, 1.82) is 0 Å². The average Bonchev–Trinajstić information content (AvgIpc) is 2.94. The summed E-state index contributed by atoms with van der Waals surface area (Å²) in [6.45, 7) is 12.9. The summed E-state index contributed by atoms with van der Waals surface area (Å²) in [4.78, 5) is 16.0. The smallest absolute Gasteiger partial charge is 0.359 e. The normalized spacial score (nSPS) is 18.5. The molecule has 1 aliphatic rings. The monoisotopic (exact) mass is 574 g/mol. The van der Waals surface area contributed by atoms with E-state index in [4.69, 9.17) is 4.74 Å². The minimum Gasteiger partial charge on any atom is -0.457 e. The number of carbonyl (C=O) groups excluding carboxylic acids is 1. The fourth-order valence-corrected chi connectivity index (χ4v) is 6.38. The molecule has 3 aromatic carbocycles. The summed E-state index contributed by atoms with van der Waals surface area (Å²) >= 11 is 0. The lowest BCUT2D eigenvalue weighted by molar-refractivity contribution is -0.146. The summed E-state index contributed by atoms with van der Waals surface area (Å²) in [5.74, 6) is -0.541. The number of sulfonamides is 1. The Hall–Kier alpha value is -3.45. The molecule has 1 N–H and O–H groups in total. The van der Waals surface area contributed by atoms with Crippen molar-refractivity contribution < 1.29 is 17.9 Å². The molecule has 0 unspecified atom stereocenters. The molecular formula is C34H42N2O4S. The van der Waals surface area contributed by atoms with Crippen LogP contribution in [0.25, 0.3) is 0 Å². The van der Waals surface area contributed by atoms with Crippen molar-refractivity contribution in [3.05, 3.63) is 101 Å². The highest BCUT2D eigenvalue weighted by molar-refractivity contribution is 7.89. The van der Waals surface area contributed by atoms with Gasteiger partial charge in [0.2, 0.25) is 0 Å². The minimum absolute atomic E-state index is 0.0687. The number of hydrogen-bond donors (Lipinski definition) is 1. The van der Waals surface area contributed by atoms with Crippen LogP contribution in [0.3, 0.4) is 0 Å². The Bertz CT molecular complexity index is 1470. The summed E-state index contributed by atoms with van der Waals surface area (Å²) in [7, 11) is -3.98. The van der Waals surface area contributed by atoms with E-state index in [1.807, 2.05) is 13.0 Å². The lowest BCUT2D eigenvalue weighted by atomic mass is 9.66. The van der Waals surface area contributed by atoms with Crippen LogP contribution in [0.2, 0.25) is 0 Å². The van der Waals surface area contributed by atoms with Gasteiger partial charge in [-0.3, -0.25) is 0 Å². The Balaban J connectivity index is 1.60. The molecule has 0 bridgehead atoms. The van der Waals surface area contributed by atoms with Gasteiger partial charge in [0.1, 0.15) is 6.10 Å². The van der Waals surface area contributed by atoms with Gasteiger partial charge in [-0.25, -0.2) is 4.79 Å². The molecule has 2 atom stereocenters. The van der Waals surface area contributed by atoms with E-state index in [0.717, 1.165) is 31.2 Å². The summed E-state index contributed by atoms with van der Waals surface area (Å²) in [5, 5.41) is 4.11. The molecular weight excluding hydrogens is 532 g/mol. The van der Waals surface area contributed by atoms with Crippen molar-refractivity contribution in [3.63, 3.8) is 0 Å². The van der Waals surface area contributed by atoms with Gasteiger partial charge in [0.05, 0.1) is 4.90 Å². The van der Waals surface area contributed by atoms with Gasteiger partial charge in [-0.1, -0.05) is 113 Å². The van der Waals surface area contributed by atoms with Gasteiger partial charge in [0.25, 0.3) is 10.0 Å². The van der Waals surface area contributed by atoms with Gasteiger partial charge >= 0.3 is 5.97 Å². The van der Waals surface area contributed by atoms with E-state index in [0.29, 0.717) is 5.56 Å². The fourth-order valence-electron chi connectivity index (χ4n) is 5.57. The van der Waals surface area contributed by atoms with Crippen LogP contribution in [0, 0.1) is 12.8 Å². The highest BCUT2D eigenvalue weighted by Gasteiger charge is 2.41. The van der Waals surface area contributed by atoms with Crippen LogP contribution in [0.4, 0.5) is 0 Å². The lowest BCUT2D eigenvalue weighted by Crippen LogP contribution is -2.43. The topological polar surface area (TPSA) is 84.8 Å². The van der Waals surface area contributed by atoms with E-state index in [1.165, 1.54) is 23.3 Å². The number of nitrogens with one attached hydrogen (secondary N) is 1. The van der Waals surface area contributed by atoms with Gasteiger partial charge in [0.15, 0.2) is 5.71 Å². The Morgan fingerprint density at radius 1 is 0.829 bits per heavy atom. The highest BCUT2D eigenvalue weighted by Crippen LogP contribution is 2.42. The van der Waals surface area contributed by atoms with Crippen LogP contribution in [0.15, 0.2) is 88.9 Å². The van der Waals surface area contributed by atoms with E-state index in [-0.39, 0.29) is 33.5 Å². The van der Waals surface area contributed by atoms with E-state index in [2.05, 4.69) is 68.8 Å². The van der Waals surface area contributed by atoms with Crippen molar-refractivity contribution in [3.8, 4) is 0 Å². The minimum atomic E-state index is -3.98. The molecule has 0 aromatic heterocycles. The number of aryl methyl sites for hydroxylation is 1. The first kappa shape index (κ1) is 30.5. The van der Waals surface area contributed by atoms with Crippen molar-refractivity contribution >= 4 is 21.7 Å². The predicted molar refractivity (Wildman–Crippen MR) is 164 cm³/mol. The van der Waals surface area contributed by atoms with Crippen molar-refractivity contribution in [1.82, 2.24) is 4.83 Å². The maximum Gasteiger partial charge on any atom is 0.359 e. The molecule has 0 amide bonds. The zero-order chi connectivity index (χ0) is 29.8. The van der Waals surface area contributed by atoms with Crippen LogP contribution in [0.1, 0.15) is 82.6 Å². The molecule has 218 valence electrons. The molecule has 1 saturated carbocycles. The Morgan fingerprint density at radius 3 is 2.02 bits per heavy atom. The molecule has 1 fully saturated rings. The standard InChI is InChI=1S/C34H42N2O4S/c1-24-16-22-28(23-17-24)41(38,39)36-35-31(25-12-8-7-9-13-25)32(37)40-30-15-11-10-14-29(30)34(5,6)27-20-18-26(19-21-27)33(2,3)4/h7-9,12-13,16-23,29-30,36H,10-11,14-15H2,1-6H3/b35-31+/t29-,30-/m0/s1. The summed E-state index contributed by atoms with van der Waals surface area (Å²) in [6, 6.07) is 24.1. The van der Waals surface area contributed by atoms with Gasteiger partial charge < -0.3 is 4.74 Å². The maximum absolute atomic E-state index is 13.7. The third kappa shape index (κ3) is 7.25. The number of ether oxygens (including phenoxy) is 1. The Morgan fingerprint density at radius 2 is 1.41 bits per heavy atom. The fraction of sp³-hybridized carbons (Fsp3) is 0.412. The molecule has 0 aliphatic heterocycles. The van der Waals surface area contributed by atoms with Gasteiger partial charge in [-0.15, -0.1) is 0 Å². The third-order valence-corrected chi connectivity index (χ3v) is 9.46. The van der Waals surface area contributed by atoms with E-state index < -0.39 is 16.0 Å². The zero-order valence-electron chi connectivity index (χ0n) is 25.0. The Labute approximate surface area is 245 Å². The van der Waals surface area contributed by atoms with Gasteiger partial charge in [-0.05, 0) is 60.3 Å². The number of rotatable bonds is 8. The zero-order valence-corrected chi connectivity index (χ0v) is 25.8. The molecule has 6 nitrogen and oxygen atoms in total. The first-order chi connectivity index (χ1) is 19.3. The molecule has 0 radical (unpaired) electrons. The van der Waals surface area contributed by atoms with Crippen molar-refractivity contribution in [2.24, 2.45) is 11.0 Å².